The maximum absolute atomic E-state index is 12.3. The fourth-order valence-electron chi connectivity index (χ4n) is 2.35. The van der Waals surface area contributed by atoms with Crippen LogP contribution in [0.2, 0.25) is 0 Å². The number of thiazole rings is 1. The summed E-state index contributed by atoms with van der Waals surface area (Å²) in [4.78, 5) is 25.1. The molecule has 0 saturated heterocycles. The minimum Gasteiger partial charge on any atom is -0.318 e. The molecule has 0 atom stereocenters. The summed E-state index contributed by atoms with van der Waals surface area (Å²) in [6, 6.07) is 6.21. The molecule has 2 aromatic heterocycles. The number of carbonyl (C=O) groups excluding carboxylic acids is 1. The van der Waals surface area contributed by atoms with Crippen molar-refractivity contribution in [2.45, 2.75) is 27.2 Å². The number of benzene rings is 1. The lowest BCUT2D eigenvalue weighted by Gasteiger charge is -2.04. The van der Waals surface area contributed by atoms with Crippen LogP contribution in [-0.2, 0) is 6.42 Å². The second-order valence-corrected chi connectivity index (χ2v) is 6.41. The Kier molecular flexibility index (Phi) is 4.66. The first kappa shape index (κ1) is 16.3. The average molecular weight is 338 g/mol. The van der Waals surface area contributed by atoms with E-state index in [1.165, 1.54) is 16.9 Å². The third-order valence-corrected chi connectivity index (χ3v) is 4.50. The number of aryl methyl sites for hydroxylation is 3. The lowest BCUT2D eigenvalue weighted by Crippen LogP contribution is -2.13. The van der Waals surface area contributed by atoms with Gasteiger partial charge in [0.2, 0.25) is 0 Å². The molecular formula is C18H18N4OS. The number of aromatic nitrogens is 3. The minimum absolute atomic E-state index is 0.255. The Morgan fingerprint density at radius 3 is 2.62 bits per heavy atom. The molecule has 0 aliphatic carbocycles. The summed E-state index contributed by atoms with van der Waals surface area (Å²) in [5.41, 5.74) is 4.38. The van der Waals surface area contributed by atoms with Crippen LogP contribution in [0.15, 0.2) is 36.0 Å². The summed E-state index contributed by atoms with van der Waals surface area (Å²) >= 11 is 1.46. The quantitative estimate of drug-likeness (QED) is 0.780. The van der Waals surface area contributed by atoms with E-state index in [9.17, 15) is 4.79 Å². The molecule has 2 heterocycles. The summed E-state index contributed by atoms with van der Waals surface area (Å²) < 4.78 is 0. The Morgan fingerprint density at radius 2 is 1.96 bits per heavy atom. The third kappa shape index (κ3) is 3.49. The Labute approximate surface area is 144 Å². The van der Waals surface area contributed by atoms with Gasteiger partial charge >= 0.3 is 0 Å². The van der Waals surface area contributed by atoms with E-state index in [0.29, 0.717) is 11.4 Å². The molecule has 0 aliphatic rings. The monoisotopic (exact) mass is 338 g/mol. The fraction of sp³-hybridized carbons (Fsp3) is 0.222. The Bertz CT molecular complexity index is 871. The van der Waals surface area contributed by atoms with E-state index in [2.05, 4.69) is 46.2 Å². The molecule has 0 saturated carbocycles. The second kappa shape index (κ2) is 6.88. The lowest BCUT2D eigenvalue weighted by atomic mass is 10.1. The van der Waals surface area contributed by atoms with E-state index in [4.69, 9.17) is 0 Å². The molecule has 3 rings (SSSR count). The molecule has 0 spiro atoms. The van der Waals surface area contributed by atoms with Gasteiger partial charge in [-0.3, -0.25) is 4.79 Å². The highest BCUT2D eigenvalue weighted by Gasteiger charge is 2.13. The molecule has 3 aromatic rings. The molecule has 5 nitrogen and oxygen atoms in total. The predicted molar refractivity (Wildman–Crippen MR) is 96.4 cm³/mol. The minimum atomic E-state index is -0.255. The molecule has 0 fully saturated rings. The van der Waals surface area contributed by atoms with E-state index < -0.39 is 0 Å². The molecule has 122 valence electrons. The zero-order valence-electron chi connectivity index (χ0n) is 13.8. The number of carbonyl (C=O) groups is 1. The third-order valence-electron chi connectivity index (χ3n) is 3.63. The number of rotatable bonds is 4. The van der Waals surface area contributed by atoms with Crippen molar-refractivity contribution in [3.05, 3.63) is 58.6 Å². The van der Waals surface area contributed by atoms with E-state index >= 15 is 0 Å². The standard InChI is InChI=1S/C18H18N4OS/c1-4-16-19-8-13(9-20-16)21-17(23)15-10-24-18(22-15)14-6-5-11(2)7-12(14)3/h5-10H,4H2,1-3H3,(H,21,23). The molecule has 0 bridgehead atoms. The largest absolute Gasteiger partial charge is 0.318 e. The van der Waals surface area contributed by atoms with Gasteiger partial charge in [0.15, 0.2) is 0 Å². The lowest BCUT2D eigenvalue weighted by molar-refractivity contribution is 0.102. The first-order chi connectivity index (χ1) is 11.6. The number of nitrogens with zero attached hydrogens (tertiary/aromatic N) is 3. The van der Waals surface area contributed by atoms with Crippen molar-refractivity contribution in [1.29, 1.82) is 0 Å². The van der Waals surface area contributed by atoms with Gasteiger partial charge in [-0.25, -0.2) is 15.0 Å². The second-order valence-electron chi connectivity index (χ2n) is 5.55. The molecule has 1 aromatic carbocycles. The summed E-state index contributed by atoms with van der Waals surface area (Å²) in [6.07, 6.45) is 3.99. The van der Waals surface area contributed by atoms with Gasteiger partial charge in [-0.1, -0.05) is 30.7 Å². The molecular weight excluding hydrogens is 320 g/mol. The maximum atomic E-state index is 12.3. The van der Waals surface area contributed by atoms with Gasteiger partial charge in [0, 0.05) is 17.4 Å². The van der Waals surface area contributed by atoms with Crippen LogP contribution in [-0.4, -0.2) is 20.9 Å². The van der Waals surface area contributed by atoms with E-state index in [-0.39, 0.29) is 5.91 Å². The van der Waals surface area contributed by atoms with E-state index in [1.54, 1.807) is 17.8 Å². The first-order valence-corrected chi connectivity index (χ1v) is 8.60. The highest BCUT2D eigenvalue weighted by molar-refractivity contribution is 7.13. The molecule has 1 amide bonds. The number of hydrogen-bond acceptors (Lipinski definition) is 5. The summed E-state index contributed by atoms with van der Waals surface area (Å²) in [7, 11) is 0. The van der Waals surface area contributed by atoms with Crippen molar-refractivity contribution in [2.75, 3.05) is 5.32 Å². The van der Waals surface area contributed by atoms with Gasteiger partial charge in [-0.15, -0.1) is 11.3 Å². The Morgan fingerprint density at radius 1 is 1.21 bits per heavy atom. The topological polar surface area (TPSA) is 67.8 Å². The Hall–Kier alpha value is -2.60. The van der Waals surface area contributed by atoms with Crippen molar-refractivity contribution in [2.24, 2.45) is 0 Å². The Balaban J connectivity index is 1.78. The number of anilines is 1. The van der Waals surface area contributed by atoms with Crippen molar-refractivity contribution in [3.8, 4) is 10.6 Å². The summed E-state index contributed by atoms with van der Waals surface area (Å²) in [6.45, 7) is 6.09. The van der Waals surface area contributed by atoms with E-state index in [0.717, 1.165) is 28.4 Å². The SMILES string of the molecule is CCc1ncc(NC(=O)c2csc(-c3ccc(C)cc3C)n2)cn1. The van der Waals surface area contributed by atoms with Crippen LogP contribution >= 0.6 is 11.3 Å². The van der Waals surface area contributed by atoms with Gasteiger partial charge in [-0.05, 0) is 19.4 Å². The van der Waals surface area contributed by atoms with Crippen LogP contribution in [0.3, 0.4) is 0 Å². The molecule has 0 unspecified atom stereocenters. The van der Waals surface area contributed by atoms with Crippen LogP contribution in [0, 0.1) is 13.8 Å². The van der Waals surface area contributed by atoms with Crippen molar-refractivity contribution in [1.82, 2.24) is 15.0 Å². The van der Waals surface area contributed by atoms with Crippen molar-refractivity contribution >= 4 is 22.9 Å². The van der Waals surface area contributed by atoms with E-state index in [1.807, 2.05) is 13.0 Å². The number of amides is 1. The van der Waals surface area contributed by atoms with Gasteiger partial charge in [0.25, 0.3) is 5.91 Å². The number of nitrogens with one attached hydrogen (secondary N) is 1. The number of hydrogen-bond donors (Lipinski definition) is 1. The maximum Gasteiger partial charge on any atom is 0.275 e. The molecule has 1 N–H and O–H groups in total. The summed E-state index contributed by atoms with van der Waals surface area (Å²) in [5.74, 6) is 0.494. The predicted octanol–water partition coefficient (Wildman–Crippen LogP) is 4.03. The van der Waals surface area contributed by atoms with Gasteiger partial charge in [0.1, 0.15) is 16.5 Å². The molecule has 0 radical (unpaired) electrons. The first-order valence-electron chi connectivity index (χ1n) is 7.72. The van der Waals surface area contributed by atoms with Crippen molar-refractivity contribution in [3.63, 3.8) is 0 Å². The van der Waals surface area contributed by atoms with Gasteiger partial charge in [-0.2, -0.15) is 0 Å². The smallest absolute Gasteiger partial charge is 0.275 e. The summed E-state index contributed by atoms with van der Waals surface area (Å²) in [5, 5.41) is 5.39. The highest BCUT2D eigenvalue weighted by atomic mass is 32.1. The van der Waals surface area contributed by atoms with Crippen LogP contribution < -0.4 is 5.32 Å². The molecule has 6 heteroatoms. The van der Waals surface area contributed by atoms with Crippen LogP contribution in [0.25, 0.3) is 10.6 Å². The zero-order chi connectivity index (χ0) is 17.1. The van der Waals surface area contributed by atoms with Gasteiger partial charge < -0.3 is 5.32 Å². The van der Waals surface area contributed by atoms with Crippen LogP contribution in [0.4, 0.5) is 5.69 Å². The zero-order valence-corrected chi connectivity index (χ0v) is 14.6. The molecule has 0 aliphatic heterocycles. The molecule has 24 heavy (non-hydrogen) atoms. The van der Waals surface area contributed by atoms with Crippen LogP contribution in [0.1, 0.15) is 34.4 Å². The average Bonchev–Trinajstić information content (AvgIpc) is 3.05. The fourth-order valence-corrected chi connectivity index (χ4v) is 3.24. The van der Waals surface area contributed by atoms with Gasteiger partial charge in [0.05, 0.1) is 18.1 Å². The highest BCUT2D eigenvalue weighted by Crippen LogP contribution is 2.27. The van der Waals surface area contributed by atoms with Crippen LogP contribution in [0.5, 0.6) is 0 Å². The van der Waals surface area contributed by atoms with Crippen molar-refractivity contribution < 1.29 is 4.79 Å². The normalized spacial score (nSPS) is 10.6.